The first-order valence-corrected chi connectivity index (χ1v) is 19.2. The summed E-state index contributed by atoms with van der Waals surface area (Å²) >= 11 is 6.05. The van der Waals surface area contributed by atoms with Gasteiger partial charge in [-0.25, -0.2) is 31.6 Å². The minimum Gasteiger partial charge on any atom is -0.475 e. The van der Waals surface area contributed by atoms with Crippen LogP contribution in [0.1, 0.15) is 49.8 Å². The fraction of sp³-hybridized carbons (Fsp3) is 0.469. The van der Waals surface area contributed by atoms with Gasteiger partial charge < -0.3 is 15.7 Å². The molecule has 50 heavy (non-hydrogen) atoms. The maximum Gasteiger partial charge on any atom is 0.490 e. The van der Waals surface area contributed by atoms with Crippen LogP contribution in [0, 0.1) is 5.92 Å². The predicted molar refractivity (Wildman–Crippen MR) is 181 cm³/mol. The number of benzene rings is 2. The quantitative estimate of drug-likeness (QED) is 0.226. The fourth-order valence-electron chi connectivity index (χ4n) is 5.83. The molecule has 2 heterocycles. The van der Waals surface area contributed by atoms with Crippen LogP contribution in [-0.2, 0) is 37.9 Å². The van der Waals surface area contributed by atoms with Gasteiger partial charge in [0, 0.05) is 37.4 Å². The summed E-state index contributed by atoms with van der Waals surface area (Å²) in [5.74, 6) is -2.14. The number of nitrogens with zero attached hydrogens (tertiary/aromatic N) is 4. The zero-order chi connectivity index (χ0) is 36.5. The van der Waals surface area contributed by atoms with Crippen LogP contribution in [0.5, 0.6) is 0 Å². The molecule has 3 aromatic rings. The van der Waals surface area contributed by atoms with Crippen LogP contribution in [0.4, 0.5) is 19.1 Å². The molecule has 12 nitrogen and oxygen atoms in total. The summed E-state index contributed by atoms with van der Waals surface area (Å²) in [6, 6.07) is 14.4. The summed E-state index contributed by atoms with van der Waals surface area (Å²) in [4.78, 5) is 17.6. The number of piperidine rings is 1. The molecule has 2 aliphatic rings. The first-order valence-electron chi connectivity index (χ1n) is 16.0. The van der Waals surface area contributed by atoms with Gasteiger partial charge in [-0.05, 0) is 92.7 Å². The van der Waals surface area contributed by atoms with Gasteiger partial charge in [0.2, 0.25) is 26.0 Å². The molecule has 1 aromatic heterocycles. The summed E-state index contributed by atoms with van der Waals surface area (Å²) in [6.07, 6.45) is 1.81. The summed E-state index contributed by atoms with van der Waals surface area (Å²) in [7, 11) is -6.14. The normalized spacial score (nSPS) is 16.3. The van der Waals surface area contributed by atoms with E-state index in [0.717, 1.165) is 57.2 Å². The SMILES string of the molecule is CNc1nccc(CN(CC2CCNCC2)S(=O)(=O)c2ccc(S(=O)(=O)N(Cc3ccc(Cl)cc3)C3CCCC3)cc2)n1.O=C(O)C(F)(F)F. The van der Waals surface area contributed by atoms with Gasteiger partial charge in [-0.1, -0.05) is 36.6 Å². The van der Waals surface area contributed by atoms with E-state index in [2.05, 4.69) is 20.6 Å². The molecule has 1 aliphatic carbocycles. The Kier molecular flexibility index (Phi) is 13.6. The van der Waals surface area contributed by atoms with Gasteiger partial charge in [-0.15, -0.1) is 0 Å². The molecule has 1 aliphatic heterocycles. The second-order valence-electron chi connectivity index (χ2n) is 12.0. The average Bonchev–Trinajstić information content (AvgIpc) is 3.63. The lowest BCUT2D eigenvalue weighted by molar-refractivity contribution is -0.192. The number of carboxylic acid groups (broad SMARTS) is 1. The molecule has 1 saturated heterocycles. The van der Waals surface area contributed by atoms with Crippen molar-refractivity contribution in [2.24, 2.45) is 5.92 Å². The minimum absolute atomic E-state index is 0.0494. The van der Waals surface area contributed by atoms with Gasteiger partial charge in [0.1, 0.15) is 0 Å². The first-order chi connectivity index (χ1) is 23.6. The van der Waals surface area contributed by atoms with E-state index < -0.39 is 32.2 Å². The number of halogens is 4. The number of hydrogen-bond donors (Lipinski definition) is 3. The van der Waals surface area contributed by atoms with Crippen molar-refractivity contribution in [2.45, 2.75) is 73.6 Å². The first kappa shape index (κ1) is 39.4. The third kappa shape index (κ3) is 10.6. The zero-order valence-electron chi connectivity index (χ0n) is 27.3. The Labute approximate surface area is 295 Å². The number of carboxylic acids is 1. The third-order valence-electron chi connectivity index (χ3n) is 8.49. The minimum atomic E-state index is -5.08. The van der Waals surface area contributed by atoms with Crippen LogP contribution in [-0.4, -0.2) is 85.4 Å². The van der Waals surface area contributed by atoms with Crippen molar-refractivity contribution in [3.05, 3.63) is 77.1 Å². The van der Waals surface area contributed by atoms with Crippen LogP contribution >= 0.6 is 11.6 Å². The van der Waals surface area contributed by atoms with Crippen LogP contribution in [0.25, 0.3) is 0 Å². The van der Waals surface area contributed by atoms with Crippen molar-refractivity contribution in [1.82, 2.24) is 23.9 Å². The number of sulfonamides is 2. The molecule has 1 saturated carbocycles. The summed E-state index contributed by atoms with van der Waals surface area (Å²) in [5, 5.41) is 13.9. The lowest BCUT2D eigenvalue weighted by atomic mass is 9.98. The number of alkyl halides is 3. The lowest BCUT2D eigenvalue weighted by Crippen LogP contribution is -2.39. The molecular formula is C32H40ClF3N6O6S2. The van der Waals surface area contributed by atoms with Crippen molar-refractivity contribution in [3.63, 3.8) is 0 Å². The Bertz CT molecular complexity index is 1790. The van der Waals surface area contributed by atoms with Gasteiger partial charge >= 0.3 is 12.1 Å². The Morgan fingerprint density at radius 2 is 1.48 bits per heavy atom. The lowest BCUT2D eigenvalue weighted by Gasteiger charge is -2.30. The van der Waals surface area contributed by atoms with Gasteiger partial charge in [-0.3, -0.25) is 0 Å². The average molecular weight is 761 g/mol. The van der Waals surface area contributed by atoms with Crippen molar-refractivity contribution >= 4 is 43.6 Å². The molecule has 0 spiro atoms. The highest BCUT2D eigenvalue weighted by Gasteiger charge is 2.38. The van der Waals surface area contributed by atoms with Crippen molar-refractivity contribution in [1.29, 1.82) is 0 Å². The van der Waals surface area contributed by atoms with Crippen LogP contribution in [0.15, 0.2) is 70.6 Å². The summed E-state index contributed by atoms with van der Waals surface area (Å²) in [6.45, 7) is 2.34. The molecule has 0 atom stereocenters. The van der Waals surface area contributed by atoms with E-state index in [9.17, 15) is 30.0 Å². The van der Waals surface area contributed by atoms with Crippen LogP contribution < -0.4 is 10.6 Å². The summed E-state index contributed by atoms with van der Waals surface area (Å²) in [5.41, 5.74) is 1.42. The molecule has 18 heteroatoms. The molecule has 0 amide bonds. The number of hydrogen-bond acceptors (Lipinski definition) is 9. The van der Waals surface area contributed by atoms with Gasteiger partial charge in [-0.2, -0.15) is 21.8 Å². The third-order valence-corrected chi connectivity index (χ3v) is 12.5. The molecular weight excluding hydrogens is 721 g/mol. The van der Waals surface area contributed by atoms with Crippen molar-refractivity contribution in [2.75, 3.05) is 32.0 Å². The fourth-order valence-corrected chi connectivity index (χ4v) is 9.11. The highest BCUT2D eigenvalue weighted by atomic mass is 35.5. The number of aromatic nitrogens is 2. The highest BCUT2D eigenvalue weighted by molar-refractivity contribution is 7.89. The number of aliphatic carboxylic acids is 1. The van der Waals surface area contributed by atoms with E-state index in [1.165, 1.54) is 28.6 Å². The van der Waals surface area contributed by atoms with E-state index in [-0.39, 0.29) is 34.8 Å². The van der Waals surface area contributed by atoms with E-state index in [1.54, 1.807) is 35.7 Å². The molecule has 274 valence electrons. The second-order valence-corrected chi connectivity index (χ2v) is 16.3. The number of anilines is 1. The molecule has 3 N–H and O–H groups in total. The van der Waals surface area contributed by atoms with E-state index in [4.69, 9.17) is 21.5 Å². The smallest absolute Gasteiger partial charge is 0.475 e. The van der Waals surface area contributed by atoms with Crippen molar-refractivity contribution < 1.29 is 39.9 Å². The Balaban J connectivity index is 0.000000727. The monoisotopic (exact) mass is 760 g/mol. The molecule has 0 unspecified atom stereocenters. The zero-order valence-corrected chi connectivity index (χ0v) is 29.7. The highest BCUT2D eigenvalue weighted by Crippen LogP contribution is 2.32. The Morgan fingerprint density at radius 3 is 2.02 bits per heavy atom. The van der Waals surface area contributed by atoms with E-state index in [0.29, 0.717) is 23.2 Å². The molecule has 5 rings (SSSR count). The maximum absolute atomic E-state index is 14.0. The molecule has 2 fully saturated rings. The predicted octanol–water partition coefficient (Wildman–Crippen LogP) is 5.13. The van der Waals surface area contributed by atoms with Crippen molar-refractivity contribution in [3.8, 4) is 0 Å². The number of carbonyl (C=O) groups is 1. The molecule has 2 aromatic carbocycles. The Morgan fingerprint density at radius 1 is 0.920 bits per heavy atom. The number of rotatable bonds is 12. The topological polar surface area (TPSA) is 162 Å². The van der Waals surface area contributed by atoms with E-state index in [1.807, 2.05) is 12.1 Å². The standard InChI is InChI=1S/C30H39ClN6O4S2.C2HF3O2/c1-32-30-34-19-16-26(35-30)22-36(20-24-14-17-33-18-15-24)42(38,39)28-10-12-29(13-11-28)43(40,41)37(27-4-2-3-5-27)21-23-6-8-25(31)9-7-23;3-2(4,5)1(6)7/h6-13,16,19,24,27,33H,2-5,14-15,17-18,20-22H2,1H3,(H,32,34,35);(H,6,7). The van der Waals surface area contributed by atoms with Crippen LogP contribution in [0.3, 0.4) is 0 Å². The second kappa shape index (κ2) is 17.2. The number of nitrogens with one attached hydrogen (secondary N) is 2. The Hall–Kier alpha value is -3.35. The molecule has 0 bridgehead atoms. The van der Waals surface area contributed by atoms with Gasteiger partial charge in [0.25, 0.3) is 0 Å². The van der Waals surface area contributed by atoms with Gasteiger partial charge in [0.15, 0.2) is 0 Å². The van der Waals surface area contributed by atoms with E-state index >= 15 is 0 Å². The summed E-state index contributed by atoms with van der Waals surface area (Å²) < 4.78 is 90.7. The van der Waals surface area contributed by atoms with Crippen LogP contribution in [0.2, 0.25) is 5.02 Å². The largest absolute Gasteiger partial charge is 0.490 e. The molecule has 0 radical (unpaired) electrons. The van der Waals surface area contributed by atoms with Gasteiger partial charge in [0.05, 0.1) is 22.0 Å². The maximum atomic E-state index is 14.0.